The van der Waals surface area contributed by atoms with Crippen LogP contribution >= 0.6 is 0 Å². The van der Waals surface area contributed by atoms with Crippen molar-refractivity contribution in [3.8, 4) is 0 Å². The number of azide groups is 1. The Labute approximate surface area is 272 Å². The van der Waals surface area contributed by atoms with E-state index in [1.165, 1.54) is 0 Å². The second-order valence-electron chi connectivity index (χ2n) is 10.4. The summed E-state index contributed by atoms with van der Waals surface area (Å²) >= 11 is 0. The monoisotopic (exact) mass is 647 g/mol. The highest BCUT2D eigenvalue weighted by atomic mass is 16.7. The minimum Gasteiger partial charge on any atom is -0.459 e. The van der Waals surface area contributed by atoms with Crippen LogP contribution < -0.4 is 0 Å². The molecule has 0 aliphatic carbocycles. The molecule has 1 aliphatic heterocycles. The largest absolute Gasteiger partial charge is 0.459 e. The molecule has 1 aliphatic rings. The van der Waals surface area contributed by atoms with Crippen molar-refractivity contribution in [2.45, 2.75) is 31.5 Å². The standard InChI is InChI=1S/C34H37N3O10/c1-24-28(23-44-31(38)25-11-5-2-6-12-25)45-34(43-22-21-42-20-19-41-18-17-36-37-35)30(47-33(40)27-15-9-4-10-16-27)29(24)46-32(39)26-13-7-3-8-14-26/h2-16,24,28-30,34H,17-23H2,1H3/t24-,28?,29?,30?,34+/m1/s1. The zero-order valence-electron chi connectivity index (χ0n) is 25.9. The van der Waals surface area contributed by atoms with Gasteiger partial charge < -0.3 is 33.2 Å². The summed E-state index contributed by atoms with van der Waals surface area (Å²) in [5.41, 5.74) is 9.28. The molecule has 3 aromatic rings. The second-order valence-corrected chi connectivity index (χ2v) is 10.4. The topological polar surface area (TPSA) is 165 Å². The molecule has 13 nitrogen and oxygen atoms in total. The lowest BCUT2D eigenvalue weighted by atomic mass is 9.90. The SMILES string of the molecule is C[C@@H]1C(COC(=O)c2ccccc2)O[C@H](OCCOCCOCCN=[N+]=[N-])C(OC(=O)c2ccccc2)C1OC(=O)c1ccccc1. The molecule has 13 heteroatoms. The summed E-state index contributed by atoms with van der Waals surface area (Å²) < 4.78 is 40.7. The third-order valence-electron chi connectivity index (χ3n) is 7.18. The van der Waals surface area contributed by atoms with Gasteiger partial charge in [0.1, 0.15) is 18.8 Å². The van der Waals surface area contributed by atoms with Crippen molar-refractivity contribution in [2.24, 2.45) is 11.0 Å². The maximum Gasteiger partial charge on any atom is 0.338 e. The van der Waals surface area contributed by atoms with E-state index in [0.29, 0.717) is 11.1 Å². The van der Waals surface area contributed by atoms with E-state index < -0.39 is 48.4 Å². The quantitative estimate of drug-likeness (QED) is 0.0485. The minimum absolute atomic E-state index is 0.0209. The Morgan fingerprint density at radius 2 is 1.19 bits per heavy atom. The van der Waals surface area contributed by atoms with Crippen LogP contribution in [0, 0.1) is 5.92 Å². The summed E-state index contributed by atoms with van der Waals surface area (Å²) in [6.07, 6.45) is -4.23. The highest BCUT2D eigenvalue weighted by Gasteiger charge is 2.49. The molecule has 1 saturated heterocycles. The first kappa shape index (κ1) is 35.1. The Hall–Kier alpha value is -4.78. The Morgan fingerprint density at radius 3 is 1.74 bits per heavy atom. The number of esters is 3. The van der Waals surface area contributed by atoms with Gasteiger partial charge in [0.2, 0.25) is 0 Å². The van der Waals surface area contributed by atoms with Gasteiger partial charge in [-0.25, -0.2) is 14.4 Å². The molecule has 0 radical (unpaired) electrons. The maximum absolute atomic E-state index is 13.3. The molecule has 0 spiro atoms. The van der Waals surface area contributed by atoms with Gasteiger partial charge >= 0.3 is 17.9 Å². The number of rotatable bonds is 17. The highest BCUT2D eigenvalue weighted by Crippen LogP contribution is 2.33. The van der Waals surface area contributed by atoms with E-state index in [2.05, 4.69) is 10.0 Å². The molecular weight excluding hydrogens is 610 g/mol. The third kappa shape index (κ3) is 10.9. The number of hydrogen-bond donors (Lipinski definition) is 0. The van der Waals surface area contributed by atoms with Crippen LogP contribution in [0.3, 0.4) is 0 Å². The third-order valence-corrected chi connectivity index (χ3v) is 7.18. The molecule has 0 aromatic heterocycles. The summed E-state index contributed by atoms with van der Waals surface area (Å²) in [5.74, 6) is -2.45. The van der Waals surface area contributed by atoms with E-state index in [9.17, 15) is 14.4 Å². The number of carbonyl (C=O) groups excluding carboxylic acids is 3. The van der Waals surface area contributed by atoms with Gasteiger partial charge in [-0.3, -0.25) is 0 Å². The van der Waals surface area contributed by atoms with Gasteiger partial charge in [0.15, 0.2) is 12.4 Å². The predicted octanol–water partition coefficient (Wildman–Crippen LogP) is 5.02. The van der Waals surface area contributed by atoms with Gasteiger partial charge in [0.25, 0.3) is 0 Å². The van der Waals surface area contributed by atoms with Crippen LogP contribution in [0.1, 0.15) is 38.0 Å². The smallest absolute Gasteiger partial charge is 0.338 e. The van der Waals surface area contributed by atoms with Gasteiger partial charge in [-0.15, -0.1) is 0 Å². The normalized spacial score (nSPS) is 20.4. The Morgan fingerprint density at radius 1 is 0.702 bits per heavy atom. The van der Waals surface area contributed by atoms with Gasteiger partial charge in [0, 0.05) is 17.4 Å². The van der Waals surface area contributed by atoms with E-state index in [1.807, 2.05) is 0 Å². The predicted molar refractivity (Wildman–Crippen MR) is 167 cm³/mol. The fourth-order valence-corrected chi connectivity index (χ4v) is 4.70. The maximum atomic E-state index is 13.3. The van der Waals surface area contributed by atoms with E-state index in [1.54, 1.807) is 97.9 Å². The van der Waals surface area contributed by atoms with Gasteiger partial charge in [0.05, 0.1) is 49.7 Å². The lowest BCUT2D eigenvalue weighted by Gasteiger charge is -2.44. The van der Waals surface area contributed by atoms with E-state index in [-0.39, 0.29) is 51.7 Å². The summed E-state index contributed by atoms with van der Waals surface area (Å²) in [7, 11) is 0. The van der Waals surface area contributed by atoms with Crippen molar-refractivity contribution in [3.05, 3.63) is 118 Å². The summed E-state index contributed by atoms with van der Waals surface area (Å²) in [4.78, 5) is 41.9. The van der Waals surface area contributed by atoms with E-state index >= 15 is 0 Å². The molecule has 1 heterocycles. The number of nitrogens with zero attached hydrogens (tertiary/aromatic N) is 3. The van der Waals surface area contributed by atoms with Crippen LogP contribution in [-0.2, 0) is 33.2 Å². The van der Waals surface area contributed by atoms with Gasteiger partial charge in [-0.2, -0.15) is 0 Å². The van der Waals surface area contributed by atoms with E-state index in [0.717, 1.165) is 0 Å². The van der Waals surface area contributed by atoms with Crippen molar-refractivity contribution in [3.63, 3.8) is 0 Å². The zero-order chi connectivity index (χ0) is 33.3. The first-order valence-electron chi connectivity index (χ1n) is 15.2. The Balaban J connectivity index is 1.50. The van der Waals surface area contributed by atoms with Crippen LogP contribution in [0.5, 0.6) is 0 Å². The molecular formula is C34H37N3O10. The van der Waals surface area contributed by atoms with Crippen molar-refractivity contribution < 1.29 is 47.5 Å². The van der Waals surface area contributed by atoms with Crippen LogP contribution in [0.4, 0.5) is 0 Å². The lowest BCUT2D eigenvalue weighted by molar-refractivity contribution is -0.288. The average Bonchev–Trinajstić information content (AvgIpc) is 3.11. The second kappa shape index (κ2) is 19.0. The number of ether oxygens (including phenoxy) is 7. The first-order chi connectivity index (χ1) is 23.0. The number of benzene rings is 3. The molecule has 3 unspecified atom stereocenters. The number of hydrogen-bond acceptors (Lipinski definition) is 11. The molecule has 248 valence electrons. The summed E-state index contributed by atoms with van der Waals surface area (Å²) in [6.45, 7) is 2.76. The van der Waals surface area contributed by atoms with Crippen LogP contribution in [0.2, 0.25) is 0 Å². The van der Waals surface area contributed by atoms with Gasteiger partial charge in [-0.1, -0.05) is 66.6 Å². The fourth-order valence-electron chi connectivity index (χ4n) is 4.70. The molecule has 47 heavy (non-hydrogen) atoms. The first-order valence-corrected chi connectivity index (χ1v) is 15.2. The van der Waals surface area contributed by atoms with Crippen molar-refractivity contribution >= 4 is 17.9 Å². The molecule has 4 rings (SSSR count). The Bertz CT molecular complexity index is 1450. The van der Waals surface area contributed by atoms with Crippen LogP contribution in [-0.4, -0.2) is 88.7 Å². The summed E-state index contributed by atoms with van der Waals surface area (Å²) in [5, 5.41) is 3.39. The lowest BCUT2D eigenvalue weighted by Crippen LogP contribution is -2.58. The van der Waals surface area contributed by atoms with Crippen molar-refractivity contribution in [1.82, 2.24) is 0 Å². The summed E-state index contributed by atoms with van der Waals surface area (Å²) in [6, 6.07) is 25.3. The zero-order valence-corrected chi connectivity index (χ0v) is 25.9. The van der Waals surface area contributed by atoms with Gasteiger partial charge in [-0.05, 0) is 41.9 Å². The van der Waals surface area contributed by atoms with Crippen LogP contribution in [0.25, 0.3) is 10.4 Å². The van der Waals surface area contributed by atoms with Crippen molar-refractivity contribution in [2.75, 3.05) is 46.2 Å². The fraction of sp³-hybridized carbons (Fsp3) is 0.382. The molecule has 0 N–H and O–H groups in total. The van der Waals surface area contributed by atoms with Crippen molar-refractivity contribution in [1.29, 1.82) is 0 Å². The Kier molecular flexibility index (Phi) is 14.2. The average molecular weight is 648 g/mol. The van der Waals surface area contributed by atoms with Crippen LogP contribution in [0.15, 0.2) is 96.1 Å². The molecule has 0 saturated carbocycles. The molecule has 5 atom stereocenters. The molecule has 0 bridgehead atoms. The molecule has 3 aromatic carbocycles. The molecule has 1 fully saturated rings. The van der Waals surface area contributed by atoms with E-state index in [4.69, 9.17) is 38.7 Å². The minimum atomic E-state index is -1.21. The molecule has 0 amide bonds. The highest BCUT2D eigenvalue weighted by molar-refractivity contribution is 5.90. The number of carbonyl (C=O) groups is 3.